The van der Waals surface area contributed by atoms with Crippen LogP contribution in [0, 0.1) is 5.82 Å². The summed E-state index contributed by atoms with van der Waals surface area (Å²) in [6, 6.07) is 13.9. The third-order valence-corrected chi connectivity index (χ3v) is 4.15. The maximum absolute atomic E-state index is 13.9. The van der Waals surface area contributed by atoms with Gasteiger partial charge in [-0.3, -0.25) is 0 Å². The molecule has 1 aliphatic heterocycles. The van der Waals surface area contributed by atoms with Crippen LogP contribution in [0.4, 0.5) is 4.39 Å². The van der Waals surface area contributed by atoms with E-state index in [0.717, 1.165) is 23.0 Å². The van der Waals surface area contributed by atoms with Crippen molar-refractivity contribution in [2.24, 2.45) is 0 Å². The molecular formula is C16H15BrFN. The van der Waals surface area contributed by atoms with E-state index in [2.05, 4.69) is 45.5 Å². The van der Waals surface area contributed by atoms with Crippen LogP contribution in [0.15, 0.2) is 46.9 Å². The molecule has 1 nitrogen and oxygen atoms in total. The standard InChI is InChI=1S/C16H15BrFN/c17-13-6-5-12(15(18)10-13)9-16-14-4-2-1-3-11(14)7-8-19-16/h1-6,10,16,19H,7-9H2. The first-order valence-electron chi connectivity index (χ1n) is 6.49. The van der Waals surface area contributed by atoms with Crippen molar-refractivity contribution in [3.63, 3.8) is 0 Å². The average Bonchev–Trinajstić information content (AvgIpc) is 2.42. The van der Waals surface area contributed by atoms with Crippen LogP contribution in [0.25, 0.3) is 0 Å². The zero-order chi connectivity index (χ0) is 13.2. The van der Waals surface area contributed by atoms with E-state index >= 15 is 0 Å². The largest absolute Gasteiger partial charge is 0.309 e. The normalized spacial score (nSPS) is 18.1. The molecule has 1 unspecified atom stereocenters. The Hall–Kier alpha value is -1.19. The summed E-state index contributed by atoms with van der Waals surface area (Å²) in [5.74, 6) is -0.140. The topological polar surface area (TPSA) is 12.0 Å². The molecule has 0 amide bonds. The summed E-state index contributed by atoms with van der Waals surface area (Å²) in [6.45, 7) is 0.958. The monoisotopic (exact) mass is 319 g/mol. The van der Waals surface area contributed by atoms with Gasteiger partial charge in [0, 0.05) is 10.5 Å². The molecule has 1 heterocycles. The van der Waals surface area contributed by atoms with Crippen LogP contribution in [-0.4, -0.2) is 6.54 Å². The molecule has 0 radical (unpaired) electrons. The minimum atomic E-state index is -0.140. The van der Waals surface area contributed by atoms with Gasteiger partial charge in [0.15, 0.2) is 0 Å². The molecule has 0 spiro atoms. The predicted octanol–water partition coefficient (Wildman–Crippen LogP) is 4.02. The highest BCUT2D eigenvalue weighted by atomic mass is 79.9. The maximum atomic E-state index is 13.9. The SMILES string of the molecule is Fc1cc(Br)ccc1CC1NCCc2ccccc21. The Morgan fingerprint density at radius 2 is 2.05 bits per heavy atom. The number of fused-ring (bicyclic) bond motifs is 1. The quantitative estimate of drug-likeness (QED) is 0.881. The van der Waals surface area contributed by atoms with Crippen LogP contribution in [-0.2, 0) is 12.8 Å². The van der Waals surface area contributed by atoms with E-state index in [-0.39, 0.29) is 11.9 Å². The second kappa shape index (κ2) is 5.43. The summed E-state index contributed by atoms with van der Waals surface area (Å²) in [7, 11) is 0. The number of nitrogens with one attached hydrogen (secondary N) is 1. The van der Waals surface area contributed by atoms with E-state index in [1.807, 2.05) is 12.1 Å². The fraction of sp³-hybridized carbons (Fsp3) is 0.250. The smallest absolute Gasteiger partial charge is 0.127 e. The Morgan fingerprint density at radius 1 is 1.21 bits per heavy atom. The Kier molecular flexibility index (Phi) is 3.67. The number of hydrogen-bond acceptors (Lipinski definition) is 1. The first kappa shape index (κ1) is 12.8. The lowest BCUT2D eigenvalue weighted by atomic mass is 9.90. The van der Waals surface area contributed by atoms with Gasteiger partial charge in [-0.05, 0) is 48.2 Å². The van der Waals surface area contributed by atoms with E-state index in [9.17, 15) is 4.39 Å². The molecular weight excluding hydrogens is 305 g/mol. The van der Waals surface area contributed by atoms with Gasteiger partial charge in [-0.2, -0.15) is 0 Å². The minimum Gasteiger partial charge on any atom is -0.309 e. The van der Waals surface area contributed by atoms with E-state index in [1.54, 1.807) is 0 Å². The van der Waals surface area contributed by atoms with Gasteiger partial charge >= 0.3 is 0 Å². The first-order chi connectivity index (χ1) is 9.24. The predicted molar refractivity (Wildman–Crippen MR) is 78.7 cm³/mol. The van der Waals surface area contributed by atoms with Crippen LogP contribution in [0.1, 0.15) is 22.7 Å². The van der Waals surface area contributed by atoms with Crippen molar-refractivity contribution in [1.29, 1.82) is 0 Å². The van der Waals surface area contributed by atoms with Gasteiger partial charge in [0.2, 0.25) is 0 Å². The lowest BCUT2D eigenvalue weighted by molar-refractivity contribution is 0.490. The Morgan fingerprint density at radius 3 is 2.89 bits per heavy atom. The molecule has 0 aromatic heterocycles. The molecule has 19 heavy (non-hydrogen) atoms. The number of rotatable bonds is 2. The summed E-state index contributed by atoms with van der Waals surface area (Å²) in [4.78, 5) is 0. The summed E-state index contributed by atoms with van der Waals surface area (Å²) >= 11 is 3.29. The number of benzene rings is 2. The third-order valence-electron chi connectivity index (χ3n) is 3.65. The van der Waals surface area contributed by atoms with Gasteiger partial charge in [-0.15, -0.1) is 0 Å². The van der Waals surface area contributed by atoms with Gasteiger partial charge < -0.3 is 5.32 Å². The molecule has 3 heteroatoms. The van der Waals surface area contributed by atoms with Crippen LogP contribution in [0.3, 0.4) is 0 Å². The van der Waals surface area contributed by atoms with Crippen molar-refractivity contribution in [2.45, 2.75) is 18.9 Å². The molecule has 1 aliphatic rings. The lowest BCUT2D eigenvalue weighted by Crippen LogP contribution is -2.31. The summed E-state index contributed by atoms with van der Waals surface area (Å²) in [5, 5.41) is 3.49. The zero-order valence-corrected chi connectivity index (χ0v) is 12.1. The van der Waals surface area contributed by atoms with E-state index in [0.29, 0.717) is 6.42 Å². The van der Waals surface area contributed by atoms with Gasteiger partial charge in [0.1, 0.15) is 5.82 Å². The van der Waals surface area contributed by atoms with E-state index in [4.69, 9.17) is 0 Å². The lowest BCUT2D eigenvalue weighted by Gasteiger charge is -2.27. The minimum absolute atomic E-state index is 0.140. The van der Waals surface area contributed by atoms with Gasteiger partial charge in [0.05, 0.1) is 0 Å². The first-order valence-corrected chi connectivity index (χ1v) is 7.28. The number of hydrogen-bond donors (Lipinski definition) is 1. The maximum Gasteiger partial charge on any atom is 0.127 e. The van der Waals surface area contributed by atoms with Crippen LogP contribution in [0.2, 0.25) is 0 Å². The fourth-order valence-corrected chi connectivity index (χ4v) is 3.02. The molecule has 1 N–H and O–H groups in total. The van der Waals surface area contributed by atoms with Crippen molar-refractivity contribution in [1.82, 2.24) is 5.32 Å². The van der Waals surface area contributed by atoms with Crippen LogP contribution >= 0.6 is 15.9 Å². The Bertz CT molecular complexity index is 597. The Balaban J connectivity index is 1.88. The average molecular weight is 320 g/mol. The molecule has 1 atom stereocenters. The molecule has 2 aromatic carbocycles. The summed E-state index contributed by atoms with van der Waals surface area (Å²) < 4.78 is 14.7. The molecule has 0 saturated heterocycles. The number of halogens is 2. The van der Waals surface area contributed by atoms with Crippen molar-refractivity contribution < 1.29 is 4.39 Å². The second-order valence-electron chi connectivity index (χ2n) is 4.90. The van der Waals surface area contributed by atoms with Crippen LogP contribution < -0.4 is 5.32 Å². The zero-order valence-electron chi connectivity index (χ0n) is 10.5. The second-order valence-corrected chi connectivity index (χ2v) is 5.81. The highest BCUT2D eigenvalue weighted by Gasteiger charge is 2.20. The molecule has 0 bridgehead atoms. The molecule has 0 fully saturated rings. The molecule has 0 saturated carbocycles. The van der Waals surface area contributed by atoms with Crippen molar-refractivity contribution in [3.05, 3.63) is 69.4 Å². The van der Waals surface area contributed by atoms with E-state index in [1.165, 1.54) is 17.2 Å². The van der Waals surface area contributed by atoms with Crippen molar-refractivity contribution in [3.8, 4) is 0 Å². The van der Waals surface area contributed by atoms with Gasteiger partial charge in [-0.25, -0.2) is 4.39 Å². The highest BCUT2D eigenvalue weighted by Crippen LogP contribution is 2.27. The molecule has 2 aromatic rings. The van der Waals surface area contributed by atoms with E-state index < -0.39 is 0 Å². The molecule has 98 valence electrons. The van der Waals surface area contributed by atoms with Crippen molar-refractivity contribution in [2.75, 3.05) is 6.54 Å². The third kappa shape index (κ3) is 2.72. The van der Waals surface area contributed by atoms with Crippen molar-refractivity contribution >= 4 is 15.9 Å². The fourth-order valence-electron chi connectivity index (χ4n) is 2.68. The summed E-state index contributed by atoms with van der Waals surface area (Å²) in [6.07, 6.45) is 1.74. The Labute approximate surface area is 121 Å². The highest BCUT2D eigenvalue weighted by molar-refractivity contribution is 9.10. The molecule has 3 rings (SSSR count). The molecule has 0 aliphatic carbocycles. The van der Waals surface area contributed by atoms with Gasteiger partial charge in [0.25, 0.3) is 0 Å². The summed E-state index contributed by atoms with van der Waals surface area (Å²) in [5.41, 5.74) is 3.44. The van der Waals surface area contributed by atoms with Gasteiger partial charge in [-0.1, -0.05) is 46.3 Å². The van der Waals surface area contributed by atoms with Crippen LogP contribution in [0.5, 0.6) is 0 Å².